The first kappa shape index (κ1) is 25.6. The van der Waals surface area contributed by atoms with Gasteiger partial charge >= 0.3 is 12.0 Å². The third-order valence-corrected chi connectivity index (χ3v) is 5.62. The van der Waals surface area contributed by atoms with Crippen LogP contribution in [0.4, 0.5) is 19.3 Å². The number of halogens is 2. The van der Waals surface area contributed by atoms with Crippen LogP contribution < -0.4 is 15.4 Å². The lowest BCUT2D eigenvalue weighted by Gasteiger charge is -2.10. The van der Waals surface area contributed by atoms with E-state index in [-0.39, 0.29) is 12.3 Å². The Kier molecular flexibility index (Phi) is 7.97. The van der Waals surface area contributed by atoms with Crippen molar-refractivity contribution in [2.75, 3.05) is 19.0 Å². The molecule has 0 fully saturated rings. The number of aliphatic carboxylic acids is 1. The number of anilines is 1. The van der Waals surface area contributed by atoms with Crippen LogP contribution in [0.15, 0.2) is 59.0 Å². The number of carboxylic acid groups (broad SMARTS) is 1. The quantitative estimate of drug-likeness (QED) is 0.219. The Morgan fingerprint density at radius 3 is 2.49 bits per heavy atom. The second-order valence-electron chi connectivity index (χ2n) is 8.36. The lowest BCUT2D eigenvalue weighted by atomic mass is 10.1. The Morgan fingerprint density at radius 1 is 0.973 bits per heavy atom. The van der Waals surface area contributed by atoms with Gasteiger partial charge in [-0.25, -0.2) is 18.6 Å². The first-order valence-corrected chi connectivity index (χ1v) is 11.6. The summed E-state index contributed by atoms with van der Waals surface area (Å²) in [6.45, 7) is 0.414. The molecule has 0 spiro atoms. The van der Waals surface area contributed by atoms with Crippen molar-refractivity contribution < 1.29 is 32.6 Å². The molecule has 0 atom stereocenters. The molecule has 4 aromatic rings. The fraction of sp³-hybridized carbons (Fsp3) is 0.222. The number of oxazole rings is 1. The maximum atomic E-state index is 13.7. The van der Waals surface area contributed by atoms with E-state index in [1.165, 1.54) is 19.2 Å². The number of nitrogens with one attached hydrogen (secondary N) is 2. The molecule has 37 heavy (non-hydrogen) atoms. The largest absolute Gasteiger partial charge is 0.496 e. The molecular weight excluding hydrogens is 484 g/mol. The van der Waals surface area contributed by atoms with E-state index in [1.54, 1.807) is 36.4 Å². The fourth-order valence-electron chi connectivity index (χ4n) is 3.85. The fourth-order valence-corrected chi connectivity index (χ4v) is 3.85. The number of hydrogen-bond acceptors (Lipinski definition) is 5. The average Bonchev–Trinajstić information content (AvgIpc) is 3.28. The molecule has 8 nitrogen and oxygen atoms in total. The molecule has 4 rings (SSSR count). The van der Waals surface area contributed by atoms with Crippen molar-refractivity contribution >= 4 is 28.8 Å². The van der Waals surface area contributed by atoms with Crippen molar-refractivity contribution in [3.05, 3.63) is 66.2 Å². The van der Waals surface area contributed by atoms with Gasteiger partial charge in [-0.05, 0) is 66.4 Å². The van der Waals surface area contributed by atoms with Gasteiger partial charge in [-0.3, -0.25) is 4.79 Å². The van der Waals surface area contributed by atoms with E-state index < -0.39 is 23.6 Å². The van der Waals surface area contributed by atoms with Crippen LogP contribution in [0.5, 0.6) is 5.75 Å². The van der Waals surface area contributed by atoms with Gasteiger partial charge in [0, 0.05) is 24.7 Å². The zero-order valence-corrected chi connectivity index (χ0v) is 20.0. The molecule has 0 aliphatic heterocycles. The number of rotatable bonds is 10. The molecule has 10 heteroatoms. The normalized spacial score (nSPS) is 10.9. The molecule has 0 aliphatic carbocycles. The van der Waals surface area contributed by atoms with E-state index in [9.17, 15) is 18.4 Å². The number of aromatic nitrogens is 1. The van der Waals surface area contributed by atoms with Crippen LogP contribution >= 0.6 is 0 Å². The van der Waals surface area contributed by atoms with Gasteiger partial charge in [0.1, 0.15) is 22.9 Å². The predicted octanol–water partition coefficient (Wildman–Crippen LogP) is 6.22. The second kappa shape index (κ2) is 11.5. The molecule has 0 radical (unpaired) electrons. The molecule has 3 N–H and O–H groups in total. The highest BCUT2D eigenvalue weighted by Gasteiger charge is 2.16. The Bertz CT molecular complexity index is 1420. The van der Waals surface area contributed by atoms with Crippen molar-refractivity contribution in [1.29, 1.82) is 0 Å². The standard InChI is InChI=1S/C27H25F2N3O5/c1-36-23-9-7-20(31-27(35)30-10-4-2-3-5-25(33)34)15-21(23)26-32-22-13-16(6-8-24(22)37-26)17-11-18(28)14-19(29)12-17/h6-9,11-15H,2-5,10H2,1H3,(H,33,34)(H2,30,31,35). The molecule has 0 aliphatic rings. The molecule has 3 aromatic carbocycles. The zero-order chi connectivity index (χ0) is 26.4. The number of unbranched alkanes of at least 4 members (excludes halogenated alkanes) is 2. The number of carbonyl (C=O) groups is 2. The van der Waals surface area contributed by atoms with Crippen LogP contribution in [0.2, 0.25) is 0 Å². The van der Waals surface area contributed by atoms with E-state index in [0.717, 1.165) is 6.07 Å². The summed E-state index contributed by atoms with van der Waals surface area (Å²) in [5.41, 5.74) is 2.89. The number of carboxylic acids is 1. The molecule has 2 amide bonds. The Labute approximate surface area is 211 Å². The smallest absolute Gasteiger partial charge is 0.319 e. The first-order valence-electron chi connectivity index (χ1n) is 11.6. The van der Waals surface area contributed by atoms with Gasteiger partial charge in [-0.1, -0.05) is 12.5 Å². The van der Waals surface area contributed by atoms with Gasteiger partial charge in [0.2, 0.25) is 5.89 Å². The minimum atomic E-state index is -0.831. The monoisotopic (exact) mass is 509 g/mol. The molecule has 0 saturated heterocycles. The summed E-state index contributed by atoms with van der Waals surface area (Å²) in [7, 11) is 1.50. The summed E-state index contributed by atoms with van der Waals surface area (Å²) in [5.74, 6) is -1.46. The summed E-state index contributed by atoms with van der Waals surface area (Å²) < 4.78 is 38.7. The van der Waals surface area contributed by atoms with Crippen molar-refractivity contribution in [3.8, 4) is 28.3 Å². The SMILES string of the molecule is COc1ccc(NC(=O)NCCCCCC(=O)O)cc1-c1nc2cc(-c3cc(F)cc(F)c3)ccc2o1. The number of ether oxygens (including phenoxy) is 1. The maximum absolute atomic E-state index is 13.7. The molecule has 0 bridgehead atoms. The molecule has 0 unspecified atom stereocenters. The van der Waals surface area contributed by atoms with Crippen LogP contribution in [0.25, 0.3) is 33.7 Å². The number of amides is 2. The number of carbonyl (C=O) groups excluding carboxylic acids is 1. The maximum Gasteiger partial charge on any atom is 0.319 e. The summed E-state index contributed by atoms with van der Waals surface area (Å²) >= 11 is 0. The average molecular weight is 510 g/mol. The third-order valence-electron chi connectivity index (χ3n) is 5.62. The van der Waals surface area contributed by atoms with Gasteiger partial charge < -0.3 is 24.9 Å². The Balaban J connectivity index is 1.49. The summed E-state index contributed by atoms with van der Waals surface area (Å²) in [6, 6.07) is 12.9. The van der Waals surface area contributed by atoms with Crippen LogP contribution in [-0.4, -0.2) is 35.7 Å². The number of nitrogens with zero attached hydrogens (tertiary/aromatic N) is 1. The van der Waals surface area contributed by atoms with Crippen LogP contribution in [0, 0.1) is 11.6 Å². The van der Waals surface area contributed by atoms with Crippen molar-refractivity contribution in [2.24, 2.45) is 0 Å². The van der Waals surface area contributed by atoms with Gasteiger partial charge in [-0.2, -0.15) is 0 Å². The molecule has 1 heterocycles. The van der Waals surface area contributed by atoms with Crippen molar-refractivity contribution in [1.82, 2.24) is 10.3 Å². The van der Waals surface area contributed by atoms with E-state index >= 15 is 0 Å². The number of hydrogen-bond donors (Lipinski definition) is 3. The van der Waals surface area contributed by atoms with Crippen LogP contribution in [-0.2, 0) is 4.79 Å². The third kappa shape index (κ3) is 6.60. The Morgan fingerprint density at radius 2 is 1.76 bits per heavy atom. The number of methoxy groups -OCH3 is 1. The highest BCUT2D eigenvalue weighted by Crippen LogP contribution is 2.35. The van der Waals surface area contributed by atoms with Gasteiger partial charge in [0.05, 0.1) is 12.7 Å². The minimum absolute atomic E-state index is 0.112. The number of fused-ring (bicyclic) bond motifs is 1. The molecule has 1 aromatic heterocycles. The minimum Gasteiger partial charge on any atom is -0.496 e. The lowest BCUT2D eigenvalue weighted by Crippen LogP contribution is -2.29. The number of benzene rings is 3. The predicted molar refractivity (Wildman–Crippen MR) is 134 cm³/mol. The lowest BCUT2D eigenvalue weighted by molar-refractivity contribution is -0.137. The summed E-state index contributed by atoms with van der Waals surface area (Å²) in [6.07, 6.45) is 2.04. The summed E-state index contributed by atoms with van der Waals surface area (Å²) in [4.78, 5) is 27.3. The molecule has 0 saturated carbocycles. The van der Waals surface area contributed by atoms with Crippen LogP contribution in [0.3, 0.4) is 0 Å². The summed E-state index contributed by atoms with van der Waals surface area (Å²) in [5, 5.41) is 14.1. The van der Waals surface area contributed by atoms with Crippen LogP contribution in [0.1, 0.15) is 25.7 Å². The number of urea groups is 1. The van der Waals surface area contributed by atoms with E-state index in [4.69, 9.17) is 14.3 Å². The highest BCUT2D eigenvalue weighted by molar-refractivity contribution is 5.91. The van der Waals surface area contributed by atoms with Gasteiger partial charge in [0.15, 0.2) is 5.58 Å². The second-order valence-corrected chi connectivity index (χ2v) is 8.36. The van der Waals surface area contributed by atoms with Gasteiger partial charge in [-0.15, -0.1) is 0 Å². The van der Waals surface area contributed by atoms with Crippen molar-refractivity contribution in [2.45, 2.75) is 25.7 Å². The van der Waals surface area contributed by atoms with E-state index in [2.05, 4.69) is 15.6 Å². The zero-order valence-electron chi connectivity index (χ0n) is 20.0. The highest BCUT2D eigenvalue weighted by atomic mass is 19.1. The molecular formula is C27H25F2N3O5. The molecule has 192 valence electrons. The first-order chi connectivity index (χ1) is 17.8. The van der Waals surface area contributed by atoms with E-state index in [0.29, 0.717) is 65.0 Å². The topological polar surface area (TPSA) is 114 Å². The Hall–Kier alpha value is -4.47. The van der Waals surface area contributed by atoms with E-state index in [1.807, 2.05) is 0 Å². The van der Waals surface area contributed by atoms with Gasteiger partial charge in [0.25, 0.3) is 0 Å². The van der Waals surface area contributed by atoms with Crippen molar-refractivity contribution in [3.63, 3.8) is 0 Å².